The molecule has 0 aliphatic carbocycles. The summed E-state index contributed by atoms with van der Waals surface area (Å²) in [5, 5.41) is 0. The number of unbranched alkanes of at least 4 members (excludes halogenated alkanes) is 2. The first-order chi connectivity index (χ1) is 9.27. The Bertz CT molecular complexity index is 353. The minimum atomic E-state index is 0. The minimum absolute atomic E-state index is 0. The third-order valence-electron chi connectivity index (χ3n) is 3.09. The van der Waals surface area contributed by atoms with Crippen LogP contribution in [-0.4, -0.2) is 19.8 Å². The van der Waals surface area contributed by atoms with Crippen LogP contribution in [0.2, 0.25) is 0 Å². The molecule has 0 aliphatic rings. The fourth-order valence-corrected chi connectivity index (χ4v) is 1.92. The molecule has 0 atom stereocenters. The summed E-state index contributed by atoms with van der Waals surface area (Å²) in [6, 6.07) is 8.39. The van der Waals surface area contributed by atoms with Crippen molar-refractivity contribution < 1.29 is 40.6 Å². The van der Waals surface area contributed by atoms with Crippen molar-refractivity contribution in [1.82, 2.24) is 0 Å². The van der Waals surface area contributed by atoms with E-state index in [4.69, 9.17) is 9.47 Å². The molecule has 1 aromatic rings. The molecule has 118 valence electrons. The van der Waals surface area contributed by atoms with E-state index < -0.39 is 0 Å². The summed E-state index contributed by atoms with van der Waals surface area (Å²) in [6.45, 7) is 8.72. The summed E-state index contributed by atoms with van der Waals surface area (Å²) < 4.78 is 11.0. The summed E-state index contributed by atoms with van der Waals surface area (Å²) >= 11 is 0. The van der Waals surface area contributed by atoms with E-state index in [2.05, 4.69) is 32.0 Å². The number of ether oxygens (including phenoxy) is 2. The zero-order chi connectivity index (χ0) is 13.9. The summed E-state index contributed by atoms with van der Waals surface area (Å²) in [5.74, 6) is 0.821. The molecule has 0 radical (unpaired) electrons. The molecular formula is C18H29O2U-. The van der Waals surface area contributed by atoms with Crippen LogP contribution in [0.5, 0.6) is 5.75 Å². The Morgan fingerprint density at radius 2 is 1.81 bits per heavy atom. The predicted molar refractivity (Wildman–Crippen MR) is 85.1 cm³/mol. The summed E-state index contributed by atoms with van der Waals surface area (Å²) in [7, 11) is 0. The van der Waals surface area contributed by atoms with Gasteiger partial charge in [0.15, 0.2) is 5.75 Å². The Kier molecular flexibility index (Phi) is 16.3. The van der Waals surface area contributed by atoms with Crippen molar-refractivity contribution in [2.45, 2.75) is 52.9 Å². The second kappa shape index (κ2) is 14.8. The maximum atomic E-state index is 5.68. The summed E-state index contributed by atoms with van der Waals surface area (Å²) in [6.07, 6.45) is 5.59. The molecule has 0 heterocycles. The smallest absolute Gasteiger partial charge is 0.170 e. The Labute approximate surface area is 155 Å². The molecule has 0 bridgehead atoms. The molecule has 3 heteroatoms. The van der Waals surface area contributed by atoms with Gasteiger partial charge in [-0.05, 0) is 50.8 Å². The van der Waals surface area contributed by atoms with Gasteiger partial charge in [-0.15, -0.1) is 0 Å². The first kappa shape index (κ1) is 23.1. The van der Waals surface area contributed by atoms with Crippen LogP contribution in [-0.2, 0) is 11.2 Å². The molecule has 0 fully saturated rings. The van der Waals surface area contributed by atoms with Crippen LogP contribution in [0, 0.1) is 57.6 Å². The maximum absolute atomic E-state index is 5.68. The zero-order valence-electron chi connectivity index (χ0n) is 14.1. The second-order valence-electron chi connectivity index (χ2n) is 4.78. The first-order valence-corrected chi connectivity index (χ1v) is 7.42. The fourth-order valence-electron chi connectivity index (χ4n) is 1.92. The van der Waals surface area contributed by atoms with Gasteiger partial charge in [0, 0.05) is 49.9 Å². The summed E-state index contributed by atoms with van der Waals surface area (Å²) in [4.78, 5) is 0. The molecule has 0 saturated carbocycles. The van der Waals surface area contributed by atoms with Crippen molar-refractivity contribution >= 4 is 0 Å². The molecule has 1 rings (SSSR count). The third-order valence-corrected chi connectivity index (χ3v) is 3.09. The zero-order valence-corrected chi connectivity index (χ0v) is 18.2. The quantitative estimate of drug-likeness (QED) is 0.336. The van der Waals surface area contributed by atoms with Gasteiger partial charge in [0.1, 0.15) is 0 Å². The number of rotatable bonds is 10. The van der Waals surface area contributed by atoms with Gasteiger partial charge in [-0.25, -0.2) is 0 Å². The molecule has 0 unspecified atom stereocenters. The molecule has 0 aliphatic heterocycles. The first-order valence-electron chi connectivity index (χ1n) is 7.42. The Morgan fingerprint density at radius 1 is 1.05 bits per heavy atom. The Morgan fingerprint density at radius 3 is 2.43 bits per heavy atom. The van der Waals surface area contributed by atoms with Crippen LogP contribution >= 0.6 is 0 Å². The molecule has 0 spiro atoms. The van der Waals surface area contributed by atoms with Gasteiger partial charge in [-0.1, -0.05) is 25.8 Å². The van der Waals surface area contributed by atoms with Gasteiger partial charge in [0.2, 0.25) is 0 Å². The third kappa shape index (κ3) is 10.2. The van der Waals surface area contributed by atoms with Crippen molar-refractivity contribution in [3.8, 4) is 5.75 Å². The fraction of sp³-hybridized carbons (Fsp3) is 0.611. The minimum Gasteiger partial charge on any atom is -0.485 e. The molecule has 0 saturated heterocycles. The van der Waals surface area contributed by atoms with E-state index in [0.29, 0.717) is 0 Å². The van der Waals surface area contributed by atoms with Gasteiger partial charge in [0.25, 0.3) is 0 Å². The van der Waals surface area contributed by atoms with Crippen molar-refractivity contribution in [2.75, 3.05) is 19.8 Å². The Balaban J connectivity index is 0. The monoisotopic (exact) mass is 515 g/mol. The van der Waals surface area contributed by atoms with Crippen molar-refractivity contribution in [2.24, 2.45) is 0 Å². The van der Waals surface area contributed by atoms with Crippen molar-refractivity contribution in [3.63, 3.8) is 0 Å². The molecular weight excluding hydrogens is 486 g/mol. The maximum Gasteiger partial charge on any atom is 0.170 e. The van der Waals surface area contributed by atoms with Crippen LogP contribution in [0.3, 0.4) is 0 Å². The topological polar surface area (TPSA) is 18.5 Å². The van der Waals surface area contributed by atoms with Crippen molar-refractivity contribution in [1.29, 1.82) is 0 Å². The average molecular weight is 515 g/mol. The number of hydrogen-bond donors (Lipinski definition) is 0. The van der Waals surface area contributed by atoms with Crippen LogP contribution < -0.4 is 4.74 Å². The molecule has 0 aromatic heterocycles. The molecule has 21 heavy (non-hydrogen) atoms. The van der Waals surface area contributed by atoms with Crippen LogP contribution in [0.25, 0.3) is 0 Å². The molecule has 1 aromatic carbocycles. The van der Waals surface area contributed by atoms with E-state index in [0.717, 1.165) is 44.8 Å². The van der Waals surface area contributed by atoms with E-state index in [1.807, 2.05) is 6.92 Å². The van der Waals surface area contributed by atoms with Gasteiger partial charge in [-0.2, -0.15) is 0 Å². The normalized spacial score (nSPS) is 9.29. The number of aryl methyl sites for hydroxylation is 1. The number of hydrogen-bond acceptors (Lipinski definition) is 2. The molecule has 0 N–H and O–H groups in total. The largest absolute Gasteiger partial charge is 0.485 e. The molecule has 2 nitrogen and oxygen atoms in total. The van der Waals surface area contributed by atoms with Gasteiger partial charge >= 0.3 is 0 Å². The van der Waals surface area contributed by atoms with Crippen LogP contribution in [0.15, 0.2) is 6.07 Å². The van der Waals surface area contributed by atoms with Gasteiger partial charge < -0.3 is 16.9 Å². The van der Waals surface area contributed by atoms with Gasteiger partial charge in [-0.3, -0.25) is 0 Å². The van der Waals surface area contributed by atoms with Crippen LogP contribution in [0.1, 0.15) is 50.7 Å². The van der Waals surface area contributed by atoms with E-state index >= 15 is 0 Å². The van der Waals surface area contributed by atoms with E-state index in [-0.39, 0.29) is 38.5 Å². The molecule has 0 amide bonds. The predicted octanol–water partition coefficient (Wildman–Crippen LogP) is 4.58. The van der Waals surface area contributed by atoms with E-state index in [1.54, 1.807) is 0 Å². The van der Waals surface area contributed by atoms with Gasteiger partial charge in [0.05, 0.1) is 6.61 Å². The average Bonchev–Trinajstić information content (AvgIpc) is 2.42. The van der Waals surface area contributed by atoms with Crippen molar-refractivity contribution in [3.05, 3.63) is 36.8 Å². The SMILES string of the molecule is CCCCCOc1c#cc(CCCOCC)c(C)c1.[CH3-].[U]. The standard InChI is InChI=1S/C17H26O2.CH3.U/c1-4-6-7-13-19-17-11-10-16(15(3)14-17)9-8-12-18-5-2;;/h14H,4-9,12-13H2,1-3H3;1H3;/q;-1;. The van der Waals surface area contributed by atoms with Crippen LogP contribution in [0.4, 0.5) is 0 Å². The summed E-state index contributed by atoms with van der Waals surface area (Å²) in [5.41, 5.74) is 2.46. The van der Waals surface area contributed by atoms with E-state index in [9.17, 15) is 0 Å². The second-order valence-corrected chi connectivity index (χ2v) is 4.78. The Hall–Kier alpha value is -0.148. The van der Waals surface area contributed by atoms with E-state index in [1.165, 1.54) is 24.0 Å².